The first-order valence-electron chi connectivity index (χ1n) is 5.03. The molecule has 1 heterocycles. The van der Waals surface area contributed by atoms with Crippen LogP contribution in [0.2, 0.25) is 0 Å². The highest BCUT2D eigenvalue weighted by Crippen LogP contribution is 2.21. The lowest BCUT2D eigenvalue weighted by atomic mass is 10.1. The van der Waals surface area contributed by atoms with Crippen molar-refractivity contribution in [2.45, 2.75) is 6.92 Å². The van der Waals surface area contributed by atoms with Crippen LogP contribution in [0.5, 0.6) is 0 Å². The number of carboxylic acid groups (broad SMARTS) is 1. The molecule has 92 valence electrons. The van der Waals surface area contributed by atoms with Gasteiger partial charge in [-0.15, -0.1) is 0 Å². The van der Waals surface area contributed by atoms with Gasteiger partial charge in [0.2, 0.25) is 0 Å². The molecule has 1 N–H and O–H groups in total. The van der Waals surface area contributed by atoms with Crippen LogP contribution in [0.1, 0.15) is 15.9 Å². The van der Waals surface area contributed by atoms with Gasteiger partial charge in [-0.25, -0.2) is 9.48 Å². The SMILES string of the molecule is Cc1cccc(C(=O)O)c1-n1cc([N+](=O)[O-])cn1. The van der Waals surface area contributed by atoms with E-state index in [1.165, 1.54) is 16.9 Å². The van der Waals surface area contributed by atoms with Gasteiger partial charge in [-0.05, 0) is 18.6 Å². The minimum atomic E-state index is -1.10. The van der Waals surface area contributed by atoms with E-state index in [0.29, 0.717) is 11.3 Å². The fourth-order valence-corrected chi connectivity index (χ4v) is 1.67. The highest BCUT2D eigenvalue weighted by Gasteiger charge is 2.17. The van der Waals surface area contributed by atoms with Crippen LogP contribution in [0.25, 0.3) is 5.69 Å². The Kier molecular flexibility index (Phi) is 2.80. The number of hydrogen-bond acceptors (Lipinski definition) is 4. The molecule has 2 rings (SSSR count). The van der Waals surface area contributed by atoms with Crippen LogP contribution in [0.3, 0.4) is 0 Å². The average Bonchev–Trinajstić information content (AvgIpc) is 2.77. The third-order valence-corrected chi connectivity index (χ3v) is 2.48. The third-order valence-electron chi connectivity index (χ3n) is 2.48. The van der Waals surface area contributed by atoms with Crippen molar-refractivity contribution in [3.05, 3.63) is 51.8 Å². The van der Waals surface area contributed by atoms with Crippen molar-refractivity contribution in [1.82, 2.24) is 9.78 Å². The monoisotopic (exact) mass is 247 g/mol. The molecule has 2 aromatic rings. The smallest absolute Gasteiger partial charge is 0.337 e. The van der Waals surface area contributed by atoms with Crippen LogP contribution >= 0.6 is 0 Å². The molecule has 0 aliphatic carbocycles. The van der Waals surface area contributed by atoms with Gasteiger partial charge in [0.15, 0.2) is 0 Å². The summed E-state index contributed by atoms with van der Waals surface area (Å²) in [5.41, 5.74) is 0.869. The number of carbonyl (C=O) groups is 1. The van der Waals surface area contributed by atoms with Gasteiger partial charge in [0.25, 0.3) is 0 Å². The second-order valence-corrected chi connectivity index (χ2v) is 3.68. The van der Waals surface area contributed by atoms with Crippen molar-refractivity contribution in [2.75, 3.05) is 0 Å². The molecule has 0 aliphatic rings. The van der Waals surface area contributed by atoms with Crippen LogP contribution in [0.15, 0.2) is 30.6 Å². The zero-order valence-corrected chi connectivity index (χ0v) is 9.40. The lowest BCUT2D eigenvalue weighted by Gasteiger charge is -2.08. The quantitative estimate of drug-likeness (QED) is 0.658. The maximum absolute atomic E-state index is 11.1. The normalized spacial score (nSPS) is 10.3. The molecular weight excluding hydrogens is 238 g/mol. The standard InChI is InChI=1S/C11H9N3O4/c1-7-3-2-4-9(11(15)16)10(7)13-6-8(5-12-13)14(17)18/h2-6H,1H3,(H,15,16). The van der Waals surface area contributed by atoms with Crippen LogP contribution in [0.4, 0.5) is 5.69 Å². The van der Waals surface area contributed by atoms with Crippen molar-refractivity contribution >= 4 is 11.7 Å². The lowest BCUT2D eigenvalue weighted by Crippen LogP contribution is -2.07. The molecular formula is C11H9N3O4. The molecule has 1 aromatic carbocycles. The van der Waals surface area contributed by atoms with E-state index in [0.717, 1.165) is 6.20 Å². The average molecular weight is 247 g/mol. The van der Waals surface area contributed by atoms with E-state index in [2.05, 4.69) is 5.10 Å². The van der Waals surface area contributed by atoms with Crippen molar-refractivity contribution in [2.24, 2.45) is 0 Å². The van der Waals surface area contributed by atoms with Crippen molar-refractivity contribution in [3.8, 4) is 5.69 Å². The fourth-order valence-electron chi connectivity index (χ4n) is 1.67. The predicted octanol–water partition coefficient (Wildman–Crippen LogP) is 1.79. The highest BCUT2D eigenvalue weighted by atomic mass is 16.6. The van der Waals surface area contributed by atoms with E-state index < -0.39 is 10.9 Å². The first kappa shape index (κ1) is 11.8. The molecule has 1 aromatic heterocycles. The molecule has 0 aliphatic heterocycles. The Morgan fingerprint density at radius 1 is 1.50 bits per heavy atom. The first-order chi connectivity index (χ1) is 8.50. The maximum Gasteiger partial charge on any atom is 0.337 e. The first-order valence-corrected chi connectivity index (χ1v) is 5.03. The van der Waals surface area contributed by atoms with Gasteiger partial charge >= 0.3 is 11.7 Å². The summed E-state index contributed by atoms with van der Waals surface area (Å²) >= 11 is 0. The molecule has 7 nitrogen and oxygen atoms in total. The summed E-state index contributed by atoms with van der Waals surface area (Å²) < 4.78 is 1.21. The molecule has 0 atom stereocenters. The van der Waals surface area contributed by atoms with Crippen molar-refractivity contribution in [3.63, 3.8) is 0 Å². The second kappa shape index (κ2) is 4.28. The van der Waals surface area contributed by atoms with E-state index in [1.54, 1.807) is 19.1 Å². The van der Waals surface area contributed by atoms with Crippen LogP contribution in [-0.4, -0.2) is 25.8 Å². The van der Waals surface area contributed by atoms with Crippen molar-refractivity contribution in [1.29, 1.82) is 0 Å². The minimum Gasteiger partial charge on any atom is -0.478 e. The second-order valence-electron chi connectivity index (χ2n) is 3.68. The van der Waals surface area contributed by atoms with Gasteiger partial charge in [-0.3, -0.25) is 10.1 Å². The number of nitrogens with zero attached hydrogens (tertiary/aromatic N) is 3. The van der Waals surface area contributed by atoms with Gasteiger partial charge in [0.05, 0.1) is 16.2 Å². The molecule has 0 spiro atoms. The topological polar surface area (TPSA) is 98.3 Å². The Hall–Kier alpha value is -2.70. The zero-order valence-electron chi connectivity index (χ0n) is 9.40. The number of rotatable bonds is 3. The highest BCUT2D eigenvalue weighted by molar-refractivity contribution is 5.92. The molecule has 7 heteroatoms. The zero-order chi connectivity index (χ0) is 13.3. The minimum absolute atomic E-state index is 0.0491. The number of nitro groups is 1. The Labute approximate surface area is 101 Å². The number of para-hydroxylation sites is 1. The molecule has 0 saturated carbocycles. The lowest BCUT2D eigenvalue weighted by molar-refractivity contribution is -0.384. The van der Waals surface area contributed by atoms with Crippen LogP contribution < -0.4 is 0 Å². The molecule has 0 bridgehead atoms. The van der Waals surface area contributed by atoms with E-state index in [4.69, 9.17) is 5.11 Å². The Balaban J connectivity index is 2.62. The Bertz CT molecular complexity index is 633. The van der Waals surface area contributed by atoms with Crippen LogP contribution in [-0.2, 0) is 0 Å². The summed E-state index contributed by atoms with van der Waals surface area (Å²) in [7, 11) is 0. The molecule has 0 fully saturated rings. The summed E-state index contributed by atoms with van der Waals surface area (Å²) in [5.74, 6) is -1.10. The predicted molar refractivity (Wildman–Crippen MR) is 61.9 cm³/mol. The molecule has 0 unspecified atom stereocenters. The summed E-state index contributed by atoms with van der Waals surface area (Å²) in [6.45, 7) is 1.72. The summed E-state index contributed by atoms with van der Waals surface area (Å²) in [4.78, 5) is 21.1. The molecule has 0 saturated heterocycles. The molecule has 0 radical (unpaired) electrons. The third kappa shape index (κ3) is 1.93. The van der Waals surface area contributed by atoms with Gasteiger partial charge < -0.3 is 5.11 Å². The largest absolute Gasteiger partial charge is 0.478 e. The number of aryl methyl sites for hydroxylation is 1. The van der Waals surface area contributed by atoms with E-state index in [1.807, 2.05) is 0 Å². The molecule has 0 amide bonds. The van der Waals surface area contributed by atoms with Crippen molar-refractivity contribution < 1.29 is 14.8 Å². The van der Waals surface area contributed by atoms with Gasteiger partial charge in [0, 0.05) is 0 Å². The Morgan fingerprint density at radius 2 is 2.22 bits per heavy atom. The van der Waals surface area contributed by atoms with Crippen LogP contribution in [0, 0.1) is 17.0 Å². The van der Waals surface area contributed by atoms with Gasteiger partial charge in [-0.1, -0.05) is 12.1 Å². The number of aromatic carboxylic acids is 1. The summed E-state index contributed by atoms with van der Waals surface area (Å²) in [6.07, 6.45) is 2.27. The maximum atomic E-state index is 11.1. The van der Waals surface area contributed by atoms with Gasteiger partial charge in [0.1, 0.15) is 12.4 Å². The number of hydrogen-bond donors (Lipinski definition) is 1. The number of benzene rings is 1. The van der Waals surface area contributed by atoms with E-state index in [9.17, 15) is 14.9 Å². The number of aromatic nitrogens is 2. The fraction of sp³-hybridized carbons (Fsp3) is 0.0909. The summed E-state index contributed by atoms with van der Waals surface area (Å²) in [6, 6.07) is 4.76. The molecule has 18 heavy (non-hydrogen) atoms. The van der Waals surface area contributed by atoms with E-state index >= 15 is 0 Å². The number of carboxylic acids is 1. The Morgan fingerprint density at radius 3 is 2.78 bits per heavy atom. The van der Waals surface area contributed by atoms with Gasteiger partial charge in [-0.2, -0.15) is 5.10 Å². The summed E-state index contributed by atoms with van der Waals surface area (Å²) in [5, 5.41) is 23.5. The van der Waals surface area contributed by atoms with E-state index in [-0.39, 0.29) is 11.3 Å².